The molecule has 126 valence electrons. The predicted octanol–water partition coefficient (Wildman–Crippen LogP) is 1.87. The second kappa shape index (κ2) is 7.50. The number of hydrogen-bond donors (Lipinski definition) is 2. The van der Waals surface area contributed by atoms with Gasteiger partial charge in [0.1, 0.15) is 12.6 Å². The van der Waals surface area contributed by atoms with Gasteiger partial charge in [0.15, 0.2) is 0 Å². The Balaban J connectivity index is 1.31. The highest BCUT2D eigenvalue weighted by Gasteiger charge is 2.30. The van der Waals surface area contributed by atoms with Gasteiger partial charge >= 0.3 is 0 Å². The average Bonchev–Trinajstić information content (AvgIpc) is 2.65. The fourth-order valence-corrected chi connectivity index (χ4v) is 4.62. The van der Waals surface area contributed by atoms with Crippen LogP contribution in [0.15, 0.2) is 54.6 Å². The first-order chi connectivity index (χ1) is 11.9. The molecule has 2 aromatic carbocycles. The molecule has 24 heavy (non-hydrogen) atoms. The third kappa shape index (κ3) is 3.71. The molecule has 1 atom stereocenters. The molecule has 0 radical (unpaired) electrons. The van der Waals surface area contributed by atoms with Crippen molar-refractivity contribution in [3.8, 4) is 0 Å². The molecular formula is C22H30N2+2. The highest BCUT2D eigenvalue weighted by molar-refractivity contribution is 5.30. The lowest BCUT2D eigenvalue weighted by atomic mass is 9.87. The molecule has 0 saturated carbocycles. The van der Waals surface area contributed by atoms with Crippen LogP contribution in [-0.4, -0.2) is 19.1 Å². The maximum Gasteiger partial charge on any atom is 0.112 e. The van der Waals surface area contributed by atoms with Crippen molar-refractivity contribution < 1.29 is 10.2 Å². The van der Waals surface area contributed by atoms with E-state index in [1.807, 2.05) is 0 Å². The van der Waals surface area contributed by atoms with Crippen LogP contribution in [0.25, 0.3) is 0 Å². The summed E-state index contributed by atoms with van der Waals surface area (Å²) in [6, 6.07) is 21.6. The highest BCUT2D eigenvalue weighted by Crippen LogP contribution is 2.26. The van der Waals surface area contributed by atoms with Crippen LogP contribution in [0.1, 0.15) is 48.4 Å². The van der Waals surface area contributed by atoms with Crippen LogP contribution in [0.5, 0.6) is 0 Å². The number of likely N-dealkylation sites (tertiary alicyclic amines) is 1. The minimum Gasteiger partial charge on any atom is -0.337 e. The second-order valence-electron chi connectivity index (χ2n) is 7.64. The lowest BCUT2D eigenvalue weighted by molar-refractivity contribution is -0.927. The van der Waals surface area contributed by atoms with Crippen LogP contribution in [0.2, 0.25) is 0 Å². The van der Waals surface area contributed by atoms with Gasteiger partial charge in [-0.2, -0.15) is 0 Å². The number of nitrogens with two attached hydrogens (primary N) is 1. The average molecular weight is 322 g/mol. The van der Waals surface area contributed by atoms with Crippen molar-refractivity contribution in [3.05, 3.63) is 71.3 Å². The molecule has 1 fully saturated rings. The summed E-state index contributed by atoms with van der Waals surface area (Å²) in [5.41, 5.74) is 4.69. The van der Waals surface area contributed by atoms with Gasteiger partial charge in [-0.05, 0) is 18.4 Å². The molecule has 2 aliphatic rings. The number of quaternary nitrogens is 2. The number of piperidine rings is 1. The molecule has 4 rings (SSSR count). The first-order valence-electron chi connectivity index (χ1n) is 9.69. The van der Waals surface area contributed by atoms with E-state index in [1.54, 1.807) is 16.0 Å². The molecule has 1 heterocycles. The molecule has 2 heteroatoms. The van der Waals surface area contributed by atoms with Gasteiger partial charge in [-0.1, -0.05) is 54.6 Å². The van der Waals surface area contributed by atoms with E-state index in [0.717, 1.165) is 6.04 Å². The van der Waals surface area contributed by atoms with Crippen molar-refractivity contribution in [1.82, 2.24) is 0 Å². The number of fused-ring (bicyclic) bond motifs is 1. The van der Waals surface area contributed by atoms with E-state index < -0.39 is 0 Å². The molecule has 0 unspecified atom stereocenters. The quantitative estimate of drug-likeness (QED) is 0.858. The van der Waals surface area contributed by atoms with Gasteiger partial charge in [0.05, 0.1) is 19.1 Å². The maximum absolute atomic E-state index is 2.71. The summed E-state index contributed by atoms with van der Waals surface area (Å²) < 4.78 is 0. The zero-order valence-electron chi connectivity index (χ0n) is 14.6. The molecule has 0 bridgehead atoms. The summed E-state index contributed by atoms with van der Waals surface area (Å²) in [7, 11) is 0. The molecule has 3 N–H and O–H groups in total. The van der Waals surface area contributed by atoms with Crippen molar-refractivity contribution in [1.29, 1.82) is 0 Å². The number of nitrogens with one attached hydrogen (secondary N) is 1. The van der Waals surface area contributed by atoms with E-state index in [1.165, 1.54) is 57.3 Å². The van der Waals surface area contributed by atoms with Crippen molar-refractivity contribution in [3.63, 3.8) is 0 Å². The Bertz CT molecular complexity index is 644. The molecule has 2 aromatic rings. The first kappa shape index (κ1) is 15.9. The van der Waals surface area contributed by atoms with E-state index in [0.29, 0.717) is 6.04 Å². The fraction of sp³-hybridized carbons (Fsp3) is 0.455. The second-order valence-corrected chi connectivity index (χ2v) is 7.64. The Morgan fingerprint density at radius 3 is 2.46 bits per heavy atom. The fourth-order valence-electron chi connectivity index (χ4n) is 4.62. The normalized spacial score (nSPS) is 26.8. The molecule has 0 spiro atoms. The van der Waals surface area contributed by atoms with Crippen molar-refractivity contribution in [2.24, 2.45) is 0 Å². The Kier molecular flexibility index (Phi) is 4.96. The van der Waals surface area contributed by atoms with E-state index >= 15 is 0 Å². The van der Waals surface area contributed by atoms with Gasteiger partial charge in [0.25, 0.3) is 0 Å². The summed E-state index contributed by atoms with van der Waals surface area (Å²) in [5, 5.41) is 2.71. The zero-order valence-corrected chi connectivity index (χ0v) is 14.6. The number of hydrogen-bond acceptors (Lipinski definition) is 0. The third-order valence-corrected chi connectivity index (χ3v) is 5.95. The molecule has 0 amide bonds. The van der Waals surface area contributed by atoms with Gasteiger partial charge in [-0.25, -0.2) is 0 Å². The van der Waals surface area contributed by atoms with Crippen LogP contribution in [-0.2, 0) is 13.0 Å². The molecule has 2 nitrogen and oxygen atoms in total. The number of aryl methyl sites for hydroxylation is 1. The lowest BCUT2D eigenvalue weighted by Crippen LogP contribution is -3.13. The Labute approximate surface area is 145 Å². The molecule has 1 aliphatic heterocycles. The van der Waals surface area contributed by atoms with Crippen molar-refractivity contribution in [2.75, 3.05) is 13.1 Å². The number of benzene rings is 2. The Hall–Kier alpha value is -1.64. The summed E-state index contributed by atoms with van der Waals surface area (Å²) in [4.78, 5) is 1.76. The van der Waals surface area contributed by atoms with Gasteiger partial charge in [0, 0.05) is 30.4 Å². The minimum absolute atomic E-state index is 0.704. The van der Waals surface area contributed by atoms with Gasteiger partial charge < -0.3 is 10.2 Å². The van der Waals surface area contributed by atoms with Crippen LogP contribution in [0.3, 0.4) is 0 Å². The number of rotatable bonds is 4. The van der Waals surface area contributed by atoms with Crippen LogP contribution >= 0.6 is 0 Å². The van der Waals surface area contributed by atoms with E-state index in [4.69, 9.17) is 0 Å². The molecule has 0 aromatic heterocycles. The van der Waals surface area contributed by atoms with Crippen LogP contribution in [0.4, 0.5) is 0 Å². The van der Waals surface area contributed by atoms with Crippen molar-refractivity contribution in [2.45, 2.75) is 50.7 Å². The molecular weight excluding hydrogens is 292 g/mol. The Morgan fingerprint density at radius 2 is 1.62 bits per heavy atom. The maximum atomic E-state index is 2.71. The SMILES string of the molecule is c1ccc(C[NH+]2CCC([NH2+][C@H]3CCCc4ccccc43)CC2)cc1. The smallest absolute Gasteiger partial charge is 0.112 e. The van der Waals surface area contributed by atoms with E-state index in [-0.39, 0.29) is 0 Å². The van der Waals surface area contributed by atoms with Gasteiger partial charge in [-0.3, -0.25) is 0 Å². The first-order valence-corrected chi connectivity index (χ1v) is 9.69. The van der Waals surface area contributed by atoms with Crippen LogP contribution in [0, 0.1) is 0 Å². The monoisotopic (exact) mass is 322 g/mol. The topological polar surface area (TPSA) is 21.1 Å². The van der Waals surface area contributed by atoms with Gasteiger partial charge in [0.2, 0.25) is 0 Å². The summed E-state index contributed by atoms with van der Waals surface area (Å²) in [6.45, 7) is 3.84. The molecule has 1 saturated heterocycles. The van der Waals surface area contributed by atoms with E-state index in [9.17, 15) is 0 Å². The summed E-state index contributed by atoms with van der Waals surface area (Å²) >= 11 is 0. The van der Waals surface area contributed by atoms with Crippen molar-refractivity contribution >= 4 is 0 Å². The van der Waals surface area contributed by atoms with E-state index in [2.05, 4.69) is 59.9 Å². The minimum atomic E-state index is 0.704. The zero-order chi connectivity index (χ0) is 16.2. The standard InChI is InChI=1S/C22H28N2/c1-2-7-18(8-3-1)17-24-15-13-20(14-16-24)23-22-12-6-10-19-9-4-5-11-21(19)22/h1-5,7-9,11,20,22-23H,6,10,12-17H2/p+2/t22-/m0/s1. The Morgan fingerprint density at radius 1 is 0.875 bits per heavy atom. The highest BCUT2D eigenvalue weighted by atomic mass is 15.1. The third-order valence-electron chi connectivity index (χ3n) is 5.95. The summed E-state index contributed by atoms with van der Waals surface area (Å²) in [5.74, 6) is 0. The van der Waals surface area contributed by atoms with Gasteiger partial charge in [-0.15, -0.1) is 0 Å². The lowest BCUT2D eigenvalue weighted by Gasteiger charge is -2.32. The summed E-state index contributed by atoms with van der Waals surface area (Å²) in [6.07, 6.45) is 6.71. The largest absolute Gasteiger partial charge is 0.337 e. The predicted molar refractivity (Wildman–Crippen MR) is 97.9 cm³/mol. The molecule has 1 aliphatic carbocycles. The van der Waals surface area contributed by atoms with Crippen LogP contribution < -0.4 is 10.2 Å².